The average molecular weight is 310 g/mol. The van der Waals surface area contributed by atoms with Gasteiger partial charge in [-0.25, -0.2) is 0 Å². The first-order chi connectivity index (χ1) is 10.1. The summed E-state index contributed by atoms with van der Waals surface area (Å²) < 4.78 is 0. The van der Waals surface area contributed by atoms with Crippen LogP contribution in [0.15, 0.2) is 0 Å². The van der Waals surface area contributed by atoms with Gasteiger partial charge in [-0.3, -0.25) is 4.79 Å². The number of nitrogen functional groups attached to an aromatic ring is 1. The van der Waals surface area contributed by atoms with Gasteiger partial charge in [-0.05, 0) is 19.3 Å². The first kappa shape index (κ1) is 15.8. The van der Waals surface area contributed by atoms with Crippen LogP contribution in [0.5, 0.6) is 0 Å². The number of carbonyl (C=O) groups excluding carboxylic acids is 1. The fraction of sp³-hybridized carbons (Fsp3) is 0.692. The molecular formula is C13H22N6OS. The third-order valence-electron chi connectivity index (χ3n) is 3.25. The zero-order valence-corrected chi connectivity index (χ0v) is 13.4. The quantitative estimate of drug-likeness (QED) is 0.859. The Hall–Kier alpha value is -1.57. The van der Waals surface area contributed by atoms with Gasteiger partial charge in [0.1, 0.15) is 5.82 Å². The Bertz CT molecular complexity index is 490. The minimum Gasteiger partial charge on any atom is -0.368 e. The molecule has 0 aromatic carbocycles. The molecule has 0 bridgehead atoms. The van der Waals surface area contributed by atoms with Crippen molar-refractivity contribution < 1.29 is 4.79 Å². The van der Waals surface area contributed by atoms with E-state index >= 15 is 0 Å². The molecule has 1 aromatic heterocycles. The molecule has 0 atom stereocenters. The number of carbonyl (C=O) groups is 1. The van der Waals surface area contributed by atoms with Gasteiger partial charge in [0.25, 0.3) is 0 Å². The Labute approximate surface area is 129 Å². The molecule has 1 saturated heterocycles. The lowest BCUT2D eigenvalue weighted by atomic mass is 10.1. The third-order valence-corrected chi connectivity index (χ3v) is 4.17. The van der Waals surface area contributed by atoms with Crippen molar-refractivity contribution in [3.05, 3.63) is 5.82 Å². The normalized spacial score (nSPS) is 15.0. The molecule has 0 aliphatic carbocycles. The average Bonchev–Trinajstić information content (AvgIpc) is 2.47. The zero-order valence-electron chi connectivity index (χ0n) is 12.6. The number of aromatic nitrogens is 3. The summed E-state index contributed by atoms with van der Waals surface area (Å²) in [6.45, 7) is 1.78. The lowest BCUT2D eigenvalue weighted by Crippen LogP contribution is -2.36. The molecular weight excluding hydrogens is 288 g/mol. The topological polar surface area (TPSA) is 88.2 Å². The number of nitrogens with two attached hydrogens (primary N) is 1. The van der Waals surface area contributed by atoms with Gasteiger partial charge < -0.3 is 15.5 Å². The van der Waals surface area contributed by atoms with Gasteiger partial charge >= 0.3 is 0 Å². The largest absolute Gasteiger partial charge is 0.368 e. The van der Waals surface area contributed by atoms with Gasteiger partial charge in [-0.1, -0.05) is 0 Å². The summed E-state index contributed by atoms with van der Waals surface area (Å²) in [7, 11) is 3.71. The van der Waals surface area contributed by atoms with Crippen molar-refractivity contribution in [2.75, 3.05) is 43.6 Å². The van der Waals surface area contributed by atoms with E-state index in [0.717, 1.165) is 25.9 Å². The van der Waals surface area contributed by atoms with Gasteiger partial charge in [0, 0.05) is 27.2 Å². The highest BCUT2D eigenvalue weighted by atomic mass is 32.2. The van der Waals surface area contributed by atoms with Crippen LogP contribution in [0, 0.1) is 0 Å². The van der Waals surface area contributed by atoms with Crippen LogP contribution in [0.3, 0.4) is 0 Å². The third kappa shape index (κ3) is 4.73. The molecule has 0 radical (unpaired) electrons. The number of likely N-dealkylation sites (tertiary alicyclic amines) is 1. The molecule has 0 saturated carbocycles. The molecule has 2 N–H and O–H groups in total. The number of hydrogen-bond donors (Lipinski definition) is 1. The van der Waals surface area contributed by atoms with Crippen molar-refractivity contribution in [1.82, 2.24) is 19.9 Å². The summed E-state index contributed by atoms with van der Waals surface area (Å²) in [6.07, 6.45) is 3.47. The van der Waals surface area contributed by atoms with Crippen LogP contribution >= 0.6 is 11.8 Å². The highest BCUT2D eigenvalue weighted by Gasteiger charge is 2.16. The summed E-state index contributed by atoms with van der Waals surface area (Å²) in [6, 6.07) is 0. The van der Waals surface area contributed by atoms with Crippen molar-refractivity contribution in [1.29, 1.82) is 0 Å². The number of hydrogen-bond acceptors (Lipinski definition) is 7. The van der Waals surface area contributed by atoms with E-state index in [1.165, 1.54) is 18.2 Å². The molecule has 1 amide bonds. The summed E-state index contributed by atoms with van der Waals surface area (Å²) in [5, 5.41) is 0. The van der Waals surface area contributed by atoms with E-state index in [4.69, 9.17) is 5.73 Å². The van der Waals surface area contributed by atoms with Crippen molar-refractivity contribution in [3.63, 3.8) is 0 Å². The number of thioether (sulfide) groups is 1. The van der Waals surface area contributed by atoms with E-state index in [0.29, 0.717) is 23.3 Å². The first-order valence-electron chi connectivity index (χ1n) is 7.09. The van der Waals surface area contributed by atoms with E-state index < -0.39 is 0 Å². The molecule has 116 valence electrons. The van der Waals surface area contributed by atoms with Crippen molar-refractivity contribution in [2.24, 2.45) is 0 Å². The highest BCUT2D eigenvalue weighted by molar-refractivity contribution is 7.99. The lowest BCUT2D eigenvalue weighted by molar-refractivity contribution is -0.129. The minimum atomic E-state index is 0.203. The number of piperidine rings is 1. The van der Waals surface area contributed by atoms with Crippen molar-refractivity contribution in [2.45, 2.75) is 25.0 Å². The van der Waals surface area contributed by atoms with Gasteiger partial charge in [-0.15, -0.1) is 11.8 Å². The maximum atomic E-state index is 12.0. The maximum Gasteiger partial charge on any atom is 0.232 e. The van der Waals surface area contributed by atoms with Crippen LogP contribution in [-0.2, 0) is 10.5 Å². The number of rotatable bonds is 5. The van der Waals surface area contributed by atoms with E-state index in [1.54, 1.807) is 4.90 Å². The Morgan fingerprint density at radius 2 is 1.95 bits per heavy atom. The molecule has 1 aliphatic rings. The smallest absolute Gasteiger partial charge is 0.232 e. The van der Waals surface area contributed by atoms with Crippen molar-refractivity contribution >= 4 is 29.6 Å². The SMILES string of the molecule is CN(C)c1nc(N)nc(CSCC(=O)N2CCCCC2)n1. The molecule has 1 fully saturated rings. The molecule has 0 unspecified atom stereocenters. The second-order valence-corrected chi connectivity index (χ2v) is 6.22. The fourth-order valence-corrected chi connectivity index (χ4v) is 2.92. The Morgan fingerprint density at radius 3 is 2.62 bits per heavy atom. The Kier molecular flexibility index (Phi) is 5.60. The fourth-order valence-electron chi connectivity index (χ4n) is 2.15. The zero-order chi connectivity index (χ0) is 15.2. The van der Waals surface area contributed by atoms with E-state index in [9.17, 15) is 4.79 Å². The molecule has 0 spiro atoms. The summed E-state index contributed by atoms with van der Waals surface area (Å²) >= 11 is 1.52. The van der Waals surface area contributed by atoms with E-state index in [2.05, 4.69) is 15.0 Å². The summed E-state index contributed by atoms with van der Waals surface area (Å²) in [5.41, 5.74) is 5.67. The second kappa shape index (κ2) is 7.44. The van der Waals surface area contributed by atoms with Gasteiger partial charge in [0.2, 0.25) is 17.8 Å². The first-order valence-corrected chi connectivity index (χ1v) is 8.25. The molecule has 1 aromatic rings. The standard InChI is InChI=1S/C13H22N6OS/c1-18(2)13-16-10(15-12(14)17-13)8-21-9-11(20)19-6-4-3-5-7-19/h3-9H2,1-2H3,(H2,14,15,16,17). The van der Waals surface area contributed by atoms with Crippen LogP contribution in [-0.4, -0.2) is 58.7 Å². The molecule has 2 rings (SSSR count). The molecule has 7 nitrogen and oxygen atoms in total. The van der Waals surface area contributed by atoms with Crippen LogP contribution in [0.1, 0.15) is 25.1 Å². The number of anilines is 2. The Balaban J connectivity index is 1.84. The summed E-state index contributed by atoms with van der Waals surface area (Å²) in [5.74, 6) is 2.60. The highest BCUT2D eigenvalue weighted by Crippen LogP contribution is 2.15. The predicted molar refractivity (Wildman–Crippen MR) is 85.2 cm³/mol. The van der Waals surface area contributed by atoms with Gasteiger partial charge in [0.15, 0.2) is 0 Å². The van der Waals surface area contributed by atoms with E-state index in [-0.39, 0.29) is 11.9 Å². The van der Waals surface area contributed by atoms with Crippen LogP contribution in [0.25, 0.3) is 0 Å². The minimum absolute atomic E-state index is 0.203. The molecule has 1 aliphatic heterocycles. The van der Waals surface area contributed by atoms with E-state index in [1.807, 2.05) is 19.0 Å². The lowest BCUT2D eigenvalue weighted by Gasteiger charge is -2.26. The Morgan fingerprint density at radius 1 is 1.24 bits per heavy atom. The maximum absolute atomic E-state index is 12.0. The monoisotopic (exact) mass is 310 g/mol. The molecule has 2 heterocycles. The van der Waals surface area contributed by atoms with Crippen molar-refractivity contribution in [3.8, 4) is 0 Å². The van der Waals surface area contributed by atoms with Gasteiger partial charge in [-0.2, -0.15) is 15.0 Å². The van der Waals surface area contributed by atoms with Crippen LogP contribution in [0.4, 0.5) is 11.9 Å². The number of nitrogens with zero attached hydrogens (tertiary/aromatic N) is 5. The molecule has 21 heavy (non-hydrogen) atoms. The van der Waals surface area contributed by atoms with Gasteiger partial charge in [0.05, 0.1) is 11.5 Å². The van der Waals surface area contributed by atoms with Crippen LogP contribution < -0.4 is 10.6 Å². The second-order valence-electron chi connectivity index (χ2n) is 5.24. The predicted octanol–water partition coefficient (Wildman–Crippen LogP) is 0.765. The van der Waals surface area contributed by atoms with Crippen LogP contribution in [0.2, 0.25) is 0 Å². The number of amides is 1. The molecule has 8 heteroatoms. The summed E-state index contributed by atoms with van der Waals surface area (Å²) in [4.78, 5) is 28.3.